The molecule has 22 heteroatoms. The highest BCUT2D eigenvalue weighted by Gasteiger charge is 2.46. The van der Waals surface area contributed by atoms with Gasteiger partial charge in [-0.05, 0) is 92.6 Å². The number of piperazine rings is 1. The summed E-state index contributed by atoms with van der Waals surface area (Å²) in [7, 11) is 1.87. The number of fused-ring (bicyclic) bond motifs is 2. The third-order valence-corrected chi connectivity index (χ3v) is 16.1. The SMILES string of the molecule is Cn1cnnc1CC1(c2cccc(-n3cc4c(C(F)(F)F)cc(CN5CCC(OCCN6CCC(CN7CCN(c8cc9c(cc8F)C(=O)N(C8CCC(=O)NC8=O)C9=O)CC7)CC6)CC5)cn4c3=O)c2)COC1. The molecule has 6 aliphatic heterocycles. The first kappa shape index (κ1) is 49.9. The van der Waals surface area contributed by atoms with Crippen molar-refractivity contribution in [2.24, 2.45) is 13.0 Å². The predicted octanol–water partition coefficient (Wildman–Crippen LogP) is 3.80. The van der Waals surface area contributed by atoms with Crippen molar-refractivity contribution in [2.45, 2.75) is 75.2 Å². The number of alkyl halides is 3. The number of aromatic nitrogens is 5. The number of likely N-dealkylation sites (tertiary alicyclic amines) is 2. The van der Waals surface area contributed by atoms with E-state index in [4.69, 9.17) is 9.47 Å². The summed E-state index contributed by atoms with van der Waals surface area (Å²) in [6, 6.07) is 9.90. The molecule has 5 fully saturated rings. The van der Waals surface area contributed by atoms with Gasteiger partial charge in [-0.3, -0.25) is 48.2 Å². The average Bonchev–Trinajstić information content (AvgIpc) is 4.01. The maximum absolute atomic E-state index is 15.5. The van der Waals surface area contributed by atoms with Gasteiger partial charge in [0.1, 0.15) is 24.0 Å². The Kier molecular flexibility index (Phi) is 13.5. The standard InChI is InChI=1S/C52H59F4N11O7/c1-60-32-57-59-45(60)25-51(30-73-31-51)35-3-2-4-36(22-35)65-29-44-40(52(54,55)56)21-34(28-66(44)50(65)72)27-62-13-9-37(10-14-62)74-20-19-61-11-7-33(8-12-61)26-63-15-17-64(18-16-63)43-24-39-38(23-41(43)53)48(70)67(49(39)71)42-5-6-46(68)58-47(42)69/h2-4,21-24,28-29,32-33,37,42H,5-20,25-27,30-31H2,1H3,(H,58,68,69). The number of anilines is 1. The zero-order valence-corrected chi connectivity index (χ0v) is 41.2. The number of hydrogen-bond acceptors (Lipinski definition) is 13. The van der Waals surface area contributed by atoms with Gasteiger partial charge in [-0.1, -0.05) is 12.1 Å². The molecule has 3 aromatic heterocycles. The summed E-state index contributed by atoms with van der Waals surface area (Å²) in [5.74, 6) is -1.87. The molecule has 11 rings (SSSR count). The number of nitrogens with one attached hydrogen (secondary N) is 1. The number of carbonyl (C=O) groups is 4. The van der Waals surface area contributed by atoms with Crippen LogP contribution in [0, 0.1) is 11.7 Å². The van der Waals surface area contributed by atoms with Gasteiger partial charge in [0, 0.05) is 96.6 Å². The molecule has 18 nitrogen and oxygen atoms in total. The number of piperidine rings is 3. The third-order valence-electron chi connectivity index (χ3n) is 16.1. The number of imide groups is 2. The number of imidazole rings is 1. The number of benzene rings is 2. The highest BCUT2D eigenvalue weighted by Crippen LogP contribution is 2.38. The smallest absolute Gasteiger partial charge is 0.379 e. The fourth-order valence-electron chi connectivity index (χ4n) is 11.7. The van der Waals surface area contributed by atoms with Crippen LogP contribution in [0.3, 0.4) is 0 Å². The van der Waals surface area contributed by atoms with Gasteiger partial charge in [-0.2, -0.15) is 13.2 Å². The summed E-state index contributed by atoms with van der Waals surface area (Å²) in [6.45, 7) is 9.25. The molecular formula is C52H59F4N11O7. The molecular weight excluding hydrogens is 967 g/mol. The van der Waals surface area contributed by atoms with E-state index in [-0.39, 0.29) is 47.8 Å². The molecule has 1 N–H and O–H groups in total. The number of hydrogen-bond donors (Lipinski definition) is 1. The molecule has 0 radical (unpaired) electrons. The Morgan fingerprint density at radius 3 is 2.24 bits per heavy atom. The molecule has 74 heavy (non-hydrogen) atoms. The van der Waals surface area contributed by atoms with Crippen molar-refractivity contribution in [3.8, 4) is 5.69 Å². The topological polar surface area (TPSA) is 172 Å². The van der Waals surface area contributed by atoms with Gasteiger partial charge < -0.3 is 23.8 Å². The molecule has 9 heterocycles. The van der Waals surface area contributed by atoms with Gasteiger partial charge in [0.25, 0.3) is 11.8 Å². The number of nitrogens with zero attached hydrogens (tertiary/aromatic N) is 10. The molecule has 6 aliphatic rings. The van der Waals surface area contributed by atoms with Crippen LogP contribution < -0.4 is 15.9 Å². The van der Waals surface area contributed by atoms with Crippen LogP contribution in [0.5, 0.6) is 0 Å². The lowest BCUT2D eigenvalue weighted by atomic mass is 9.75. The van der Waals surface area contributed by atoms with Crippen LogP contribution in [-0.2, 0) is 50.7 Å². The van der Waals surface area contributed by atoms with Crippen molar-refractivity contribution < 1.29 is 46.2 Å². The minimum Gasteiger partial charge on any atom is -0.379 e. The number of amides is 4. The number of rotatable bonds is 14. The Labute approximate surface area is 423 Å². The van der Waals surface area contributed by atoms with Crippen LogP contribution in [-0.4, -0.2) is 164 Å². The summed E-state index contributed by atoms with van der Waals surface area (Å²) in [6.07, 6.45) is 3.99. The van der Waals surface area contributed by atoms with Crippen LogP contribution in [0.2, 0.25) is 0 Å². The summed E-state index contributed by atoms with van der Waals surface area (Å²) in [4.78, 5) is 74.2. The Bertz CT molecular complexity index is 3040. The lowest BCUT2D eigenvalue weighted by Crippen LogP contribution is -2.54. The van der Waals surface area contributed by atoms with E-state index in [0.717, 1.165) is 91.7 Å². The summed E-state index contributed by atoms with van der Waals surface area (Å²) in [5.41, 5.74) is -0.0416. The quantitative estimate of drug-likeness (QED) is 0.126. The van der Waals surface area contributed by atoms with Crippen molar-refractivity contribution >= 4 is 34.8 Å². The summed E-state index contributed by atoms with van der Waals surface area (Å²) < 4.78 is 75.7. The highest BCUT2D eigenvalue weighted by molar-refractivity contribution is 6.23. The first-order chi connectivity index (χ1) is 35.6. The Balaban J connectivity index is 0.626. The Hall–Kier alpha value is -6.33. The Morgan fingerprint density at radius 2 is 1.57 bits per heavy atom. The number of pyridine rings is 1. The molecule has 0 aliphatic carbocycles. The van der Waals surface area contributed by atoms with E-state index in [1.165, 1.54) is 29.1 Å². The molecule has 1 unspecified atom stereocenters. The van der Waals surface area contributed by atoms with E-state index < -0.39 is 58.3 Å². The van der Waals surface area contributed by atoms with E-state index in [2.05, 4.69) is 30.2 Å². The van der Waals surface area contributed by atoms with E-state index in [1.807, 2.05) is 34.7 Å². The monoisotopic (exact) mass is 1030 g/mol. The van der Waals surface area contributed by atoms with Crippen LogP contribution in [0.4, 0.5) is 23.2 Å². The van der Waals surface area contributed by atoms with Gasteiger partial charge in [0.05, 0.1) is 59.5 Å². The largest absolute Gasteiger partial charge is 0.418 e. The van der Waals surface area contributed by atoms with E-state index in [0.29, 0.717) is 69.6 Å². The number of halogens is 4. The van der Waals surface area contributed by atoms with Crippen LogP contribution in [0.15, 0.2) is 66.0 Å². The number of ether oxygens (including phenoxy) is 2. The normalized spacial score (nSPS) is 21.7. The first-order valence-electron chi connectivity index (χ1n) is 25.5. The average molecular weight is 1030 g/mol. The molecule has 4 amide bonds. The minimum absolute atomic E-state index is 0.00464. The summed E-state index contributed by atoms with van der Waals surface area (Å²) in [5, 5.41) is 10.4. The number of carbonyl (C=O) groups excluding carboxylic acids is 4. The van der Waals surface area contributed by atoms with Gasteiger partial charge in [-0.25, -0.2) is 9.18 Å². The van der Waals surface area contributed by atoms with Crippen LogP contribution in [0.25, 0.3) is 11.2 Å². The van der Waals surface area contributed by atoms with E-state index in [9.17, 15) is 37.1 Å². The number of aryl methyl sites for hydroxylation is 1. The molecule has 0 bridgehead atoms. The molecule has 1 atom stereocenters. The molecule has 392 valence electrons. The first-order valence-corrected chi connectivity index (χ1v) is 25.5. The maximum atomic E-state index is 15.5. The molecule has 5 saturated heterocycles. The summed E-state index contributed by atoms with van der Waals surface area (Å²) >= 11 is 0. The molecule has 5 aromatic rings. The van der Waals surface area contributed by atoms with Crippen molar-refractivity contribution in [3.63, 3.8) is 0 Å². The van der Waals surface area contributed by atoms with Crippen LogP contribution >= 0.6 is 0 Å². The minimum atomic E-state index is -4.68. The van der Waals surface area contributed by atoms with Crippen LogP contribution in [0.1, 0.15) is 81.8 Å². The fraction of sp³-hybridized carbons (Fsp3) is 0.519. The lowest BCUT2D eigenvalue weighted by Gasteiger charge is -2.41. The molecule has 0 saturated carbocycles. The van der Waals surface area contributed by atoms with Crippen molar-refractivity contribution in [1.82, 2.24) is 48.6 Å². The predicted molar refractivity (Wildman–Crippen MR) is 260 cm³/mol. The fourth-order valence-corrected chi connectivity index (χ4v) is 11.7. The second kappa shape index (κ2) is 20.1. The van der Waals surface area contributed by atoms with Crippen molar-refractivity contribution in [3.05, 3.63) is 111 Å². The molecule has 2 aromatic carbocycles. The zero-order chi connectivity index (χ0) is 51.5. The van der Waals surface area contributed by atoms with Crippen molar-refractivity contribution in [2.75, 3.05) is 90.2 Å². The zero-order valence-electron chi connectivity index (χ0n) is 41.2. The maximum Gasteiger partial charge on any atom is 0.418 e. The third kappa shape index (κ3) is 9.77. The van der Waals surface area contributed by atoms with E-state index in [1.54, 1.807) is 12.4 Å². The Morgan fingerprint density at radius 1 is 0.838 bits per heavy atom. The van der Waals surface area contributed by atoms with Crippen molar-refractivity contribution in [1.29, 1.82) is 0 Å². The van der Waals surface area contributed by atoms with Gasteiger partial charge in [-0.15, -0.1) is 10.2 Å². The van der Waals surface area contributed by atoms with Gasteiger partial charge >= 0.3 is 11.9 Å². The molecule has 0 spiro atoms. The second-order valence-electron chi connectivity index (χ2n) is 20.9. The van der Waals surface area contributed by atoms with Gasteiger partial charge in [0.2, 0.25) is 11.8 Å². The van der Waals surface area contributed by atoms with Gasteiger partial charge in [0.15, 0.2) is 0 Å². The van der Waals surface area contributed by atoms with E-state index >= 15 is 4.39 Å². The highest BCUT2D eigenvalue weighted by atomic mass is 19.4. The second-order valence-corrected chi connectivity index (χ2v) is 20.9. The lowest BCUT2D eigenvalue weighted by molar-refractivity contribution is -0.137.